The maximum absolute atomic E-state index is 12.2. The van der Waals surface area contributed by atoms with Gasteiger partial charge >= 0.3 is 0 Å². The molecule has 2 atom stereocenters. The van der Waals surface area contributed by atoms with Gasteiger partial charge in [-0.3, -0.25) is 4.79 Å². The van der Waals surface area contributed by atoms with E-state index in [2.05, 4.69) is 37.4 Å². The zero-order valence-electron chi connectivity index (χ0n) is 13.6. The van der Waals surface area contributed by atoms with E-state index in [-0.39, 0.29) is 35.9 Å². The molecule has 1 aromatic rings. The molecule has 5 heteroatoms. The van der Waals surface area contributed by atoms with Gasteiger partial charge in [0.25, 0.3) is 0 Å². The number of ether oxygens (including phenoxy) is 1. The number of benzene rings is 1. The van der Waals surface area contributed by atoms with Crippen molar-refractivity contribution in [2.45, 2.75) is 50.7 Å². The van der Waals surface area contributed by atoms with Gasteiger partial charge in [0, 0.05) is 13.7 Å². The molecule has 0 spiro atoms. The van der Waals surface area contributed by atoms with Crippen LogP contribution in [0, 0.1) is 0 Å². The van der Waals surface area contributed by atoms with Crippen molar-refractivity contribution in [3.05, 3.63) is 35.4 Å². The highest BCUT2D eigenvalue weighted by molar-refractivity contribution is 5.85. The van der Waals surface area contributed by atoms with Crippen molar-refractivity contribution >= 4 is 18.3 Å². The van der Waals surface area contributed by atoms with Crippen LogP contribution in [0.2, 0.25) is 0 Å². The highest BCUT2D eigenvalue weighted by atomic mass is 35.5. The number of carbonyl (C=O) groups is 1. The standard InChI is InChI=1S/C17H26N2O2.ClH/c1-17(2)9-8-15(13-6-4-5-7-14(13)17)19-16(20)10-12(11-18)21-3;/h4-7,12,15H,8-11,18H2,1-3H3,(H,19,20);1H. The van der Waals surface area contributed by atoms with Gasteiger partial charge in [0.2, 0.25) is 5.91 Å². The quantitative estimate of drug-likeness (QED) is 0.874. The van der Waals surface area contributed by atoms with E-state index < -0.39 is 0 Å². The predicted molar refractivity (Wildman–Crippen MR) is 91.3 cm³/mol. The maximum atomic E-state index is 12.2. The van der Waals surface area contributed by atoms with Crippen molar-refractivity contribution in [3.8, 4) is 0 Å². The Morgan fingerprint density at radius 3 is 2.77 bits per heavy atom. The Morgan fingerprint density at radius 1 is 1.45 bits per heavy atom. The Labute approximate surface area is 139 Å². The van der Waals surface area contributed by atoms with E-state index in [9.17, 15) is 4.79 Å². The molecule has 0 saturated heterocycles. The third-order valence-electron chi connectivity index (χ3n) is 4.47. The molecule has 22 heavy (non-hydrogen) atoms. The SMILES string of the molecule is COC(CN)CC(=O)NC1CCC(C)(C)c2ccccc21.Cl. The molecule has 0 heterocycles. The molecular weight excluding hydrogens is 300 g/mol. The number of halogens is 1. The first kappa shape index (κ1) is 18.9. The summed E-state index contributed by atoms with van der Waals surface area (Å²) in [6.45, 7) is 4.89. The molecule has 3 N–H and O–H groups in total. The fourth-order valence-corrected chi connectivity index (χ4v) is 3.09. The molecule has 0 radical (unpaired) electrons. The van der Waals surface area contributed by atoms with E-state index in [1.807, 2.05) is 6.07 Å². The zero-order valence-corrected chi connectivity index (χ0v) is 14.4. The van der Waals surface area contributed by atoms with Gasteiger partial charge in [-0.1, -0.05) is 38.1 Å². The molecule has 1 aliphatic carbocycles. The number of fused-ring (bicyclic) bond motifs is 1. The van der Waals surface area contributed by atoms with Gasteiger partial charge in [-0.25, -0.2) is 0 Å². The summed E-state index contributed by atoms with van der Waals surface area (Å²) in [7, 11) is 1.59. The van der Waals surface area contributed by atoms with E-state index >= 15 is 0 Å². The van der Waals surface area contributed by atoms with Gasteiger partial charge < -0.3 is 15.8 Å². The Morgan fingerprint density at radius 2 is 2.14 bits per heavy atom. The summed E-state index contributed by atoms with van der Waals surface area (Å²) >= 11 is 0. The lowest BCUT2D eigenvalue weighted by molar-refractivity contribution is -0.124. The Kier molecular flexibility index (Phi) is 6.85. The number of rotatable bonds is 5. The van der Waals surface area contributed by atoms with Crippen LogP contribution < -0.4 is 11.1 Å². The van der Waals surface area contributed by atoms with Crippen LogP contribution in [0.3, 0.4) is 0 Å². The molecule has 0 fully saturated rings. The lowest BCUT2D eigenvalue weighted by atomic mass is 9.71. The van der Waals surface area contributed by atoms with Crippen LogP contribution in [0.1, 0.15) is 50.3 Å². The third kappa shape index (κ3) is 4.22. The van der Waals surface area contributed by atoms with Gasteiger partial charge in [0.15, 0.2) is 0 Å². The lowest BCUT2D eigenvalue weighted by Gasteiger charge is -2.37. The molecule has 4 nitrogen and oxygen atoms in total. The Bertz CT molecular complexity index is 501. The summed E-state index contributed by atoms with van der Waals surface area (Å²) in [6.07, 6.45) is 2.14. The number of amides is 1. The predicted octanol–water partition coefficient (Wildman–Crippen LogP) is 2.70. The van der Waals surface area contributed by atoms with E-state index in [1.54, 1.807) is 7.11 Å². The molecule has 1 aromatic carbocycles. The van der Waals surface area contributed by atoms with E-state index in [4.69, 9.17) is 10.5 Å². The first-order valence-corrected chi connectivity index (χ1v) is 7.59. The molecular formula is C17H27ClN2O2. The number of carbonyl (C=O) groups excluding carboxylic acids is 1. The first-order valence-electron chi connectivity index (χ1n) is 7.59. The van der Waals surface area contributed by atoms with Crippen molar-refractivity contribution < 1.29 is 9.53 Å². The van der Waals surface area contributed by atoms with Gasteiger partial charge in [-0.05, 0) is 29.4 Å². The van der Waals surface area contributed by atoms with Crippen LogP contribution in [0.25, 0.3) is 0 Å². The smallest absolute Gasteiger partial charge is 0.223 e. The van der Waals surface area contributed by atoms with E-state index in [0.29, 0.717) is 13.0 Å². The van der Waals surface area contributed by atoms with Crippen molar-refractivity contribution in [2.24, 2.45) is 5.73 Å². The monoisotopic (exact) mass is 326 g/mol. The normalized spacial score (nSPS) is 20.5. The molecule has 0 bridgehead atoms. The molecule has 124 valence electrons. The van der Waals surface area contributed by atoms with Gasteiger partial charge in [0.05, 0.1) is 18.6 Å². The summed E-state index contributed by atoms with van der Waals surface area (Å²) in [6, 6.07) is 8.50. The molecule has 0 saturated carbocycles. The minimum atomic E-state index is -0.208. The molecule has 0 aromatic heterocycles. The zero-order chi connectivity index (χ0) is 15.5. The largest absolute Gasteiger partial charge is 0.380 e. The Balaban J connectivity index is 0.00000242. The van der Waals surface area contributed by atoms with Crippen LogP contribution in [0.5, 0.6) is 0 Å². The number of nitrogens with two attached hydrogens (primary N) is 1. The van der Waals surface area contributed by atoms with Crippen molar-refractivity contribution in [1.29, 1.82) is 0 Å². The molecule has 1 aliphatic rings. The third-order valence-corrected chi connectivity index (χ3v) is 4.47. The molecule has 1 amide bonds. The van der Waals surface area contributed by atoms with Crippen LogP contribution >= 0.6 is 12.4 Å². The van der Waals surface area contributed by atoms with E-state index in [0.717, 1.165) is 12.8 Å². The van der Waals surface area contributed by atoms with Crippen LogP contribution in [0.15, 0.2) is 24.3 Å². The average molecular weight is 327 g/mol. The second kappa shape index (κ2) is 7.95. The minimum Gasteiger partial charge on any atom is -0.380 e. The number of hydrogen-bond acceptors (Lipinski definition) is 3. The molecule has 2 unspecified atom stereocenters. The average Bonchev–Trinajstić information content (AvgIpc) is 2.48. The Hall–Kier alpha value is -1.10. The fraction of sp³-hybridized carbons (Fsp3) is 0.588. The summed E-state index contributed by atoms with van der Waals surface area (Å²) in [4.78, 5) is 12.2. The number of nitrogens with one attached hydrogen (secondary N) is 1. The topological polar surface area (TPSA) is 64.3 Å². The molecule has 0 aliphatic heterocycles. The van der Waals surface area contributed by atoms with Crippen molar-refractivity contribution in [2.75, 3.05) is 13.7 Å². The summed E-state index contributed by atoms with van der Waals surface area (Å²) in [5, 5.41) is 3.14. The summed E-state index contributed by atoms with van der Waals surface area (Å²) in [5.41, 5.74) is 8.32. The highest BCUT2D eigenvalue weighted by Gasteiger charge is 2.32. The fourth-order valence-electron chi connectivity index (χ4n) is 3.09. The molecule has 2 rings (SSSR count). The first-order chi connectivity index (χ1) is 9.97. The maximum Gasteiger partial charge on any atom is 0.223 e. The van der Waals surface area contributed by atoms with Gasteiger partial charge in [-0.2, -0.15) is 0 Å². The van der Waals surface area contributed by atoms with Crippen LogP contribution in [0.4, 0.5) is 0 Å². The second-order valence-electron chi connectivity index (χ2n) is 6.43. The minimum absolute atomic E-state index is 0. The van der Waals surface area contributed by atoms with Crippen molar-refractivity contribution in [3.63, 3.8) is 0 Å². The lowest BCUT2D eigenvalue weighted by Crippen LogP contribution is -2.38. The van der Waals surface area contributed by atoms with Gasteiger partial charge in [0.1, 0.15) is 0 Å². The number of hydrogen-bond donors (Lipinski definition) is 2. The number of methoxy groups -OCH3 is 1. The highest BCUT2D eigenvalue weighted by Crippen LogP contribution is 2.41. The second-order valence-corrected chi connectivity index (χ2v) is 6.43. The van der Waals surface area contributed by atoms with Crippen molar-refractivity contribution in [1.82, 2.24) is 5.32 Å². The van der Waals surface area contributed by atoms with Crippen LogP contribution in [-0.2, 0) is 14.9 Å². The van der Waals surface area contributed by atoms with Crippen LogP contribution in [-0.4, -0.2) is 25.7 Å². The summed E-state index contributed by atoms with van der Waals surface area (Å²) in [5.74, 6) is 0.00630. The van der Waals surface area contributed by atoms with E-state index in [1.165, 1.54) is 11.1 Å². The van der Waals surface area contributed by atoms with Gasteiger partial charge in [-0.15, -0.1) is 12.4 Å². The summed E-state index contributed by atoms with van der Waals surface area (Å²) < 4.78 is 5.18.